The summed E-state index contributed by atoms with van der Waals surface area (Å²) in [6.07, 6.45) is 0. The van der Waals surface area contributed by atoms with E-state index in [1.54, 1.807) is 6.07 Å². The first-order valence-electron chi connectivity index (χ1n) is 5.42. The van der Waals surface area contributed by atoms with Crippen molar-refractivity contribution in [1.82, 2.24) is 4.72 Å². The SMILES string of the molecule is CCOc1cc(S(=O)(=O)NCCOC)ccc1Br. The van der Waals surface area contributed by atoms with Crippen LogP contribution in [0.2, 0.25) is 0 Å². The molecule has 7 heteroatoms. The minimum atomic E-state index is -3.52. The van der Waals surface area contributed by atoms with Gasteiger partial charge in [-0.15, -0.1) is 0 Å². The molecular weight excluding hydrogens is 322 g/mol. The topological polar surface area (TPSA) is 64.6 Å². The molecule has 0 saturated heterocycles. The maximum absolute atomic E-state index is 11.9. The van der Waals surface area contributed by atoms with Crippen molar-refractivity contribution in [3.05, 3.63) is 22.7 Å². The van der Waals surface area contributed by atoms with Gasteiger partial charge >= 0.3 is 0 Å². The Labute approximate surface area is 116 Å². The molecule has 0 saturated carbocycles. The molecule has 1 N–H and O–H groups in total. The first-order valence-corrected chi connectivity index (χ1v) is 7.70. The third-order valence-electron chi connectivity index (χ3n) is 2.11. The molecule has 0 aromatic heterocycles. The van der Waals surface area contributed by atoms with Crippen molar-refractivity contribution in [3.8, 4) is 5.75 Å². The van der Waals surface area contributed by atoms with Crippen LogP contribution >= 0.6 is 15.9 Å². The predicted octanol–water partition coefficient (Wildman–Crippen LogP) is 1.77. The summed E-state index contributed by atoms with van der Waals surface area (Å²) < 4.78 is 37.2. The highest BCUT2D eigenvalue weighted by Crippen LogP contribution is 2.27. The molecular formula is C11H16BrNO4S. The zero-order valence-corrected chi connectivity index (χ0v) is 12.7. The molecule has 0 heterocycles. The molecule has 18 heavy (non-hydrogen) atoms. The Balaban J connectivity index is 2.91. The monoisotopic (exact) mass is 337 g/mol. The van der Waals surface area contributed by atoms with Crippen LogP contribution in [-0.2, 0) is 14.8 Å². The first-order chi connectivity index (χ1) is 8.51. The number of benzene rings is 1. The second-order valence-electron chi connectivity index (χ2n) is 3.42. The largest absolute Gasteiger partial charge is 0.493 e. The predicted molar refractivity (Wildman–Crippen MR) is 72.4 cm³/mol. The van der Waals surface area contributed by atoms with Gasteiger partial charge in [0.15, 0.2) is 0 Å². The lowest BCUT2D eigenvalue weighted by molar-refractivity contribution is 0.204. The average Bonchev–Trinajstić information content (AvgIpc) is 2.32. The smallest absolute Gasteiger partial charge is 0.240 e. The van der Waals surface area contributed by atoms with Crippen LogP contribution in [0.5, 0.6) is 5.75 Å². The van der Waals surface area contributed by atoms with E-state index < -0.39 is 10.0 Å². The van der Waals surface area contributed by atoms with Crippen LogP contribution in [0, 0.1) is 0 Å². The van der Waals surface area contributed by atoms with Gasteiger partial charge in [0.05, 0.1) is 22.6 Å². The Kier molecular flexibility index (Phi) is 6.07. The van der Waals surface area contributed by atoms with E-state index in [0.29, 0.717) is 19.0 Å². The van der Waals surface area contributed by atoms with Crippen molar-refractivity contribution in [3.63, 3.8) is 0 Å². The molecule has 1 rings (SSSR count). The van der Waals surface area contributed by atoms with Crippen molar-refractivity contribution in [2.24, 2.45) is 0 Å². The lowest BCUT2D eigenvalue weighted by Gasteiger charge is -2.10. The standard InChI is InChI=1S/C11H16BrNO4S/c1-3-17-11-8-9(4-5-10(11)12)18(14,15)13-6-7-16-2/h4-5,8,13H,3,6-7H2,1-2H3. The average molecular weight is 338 g/mol. The highest BCUT2D eigenvalue weighted by molar-refractivity contribution is 9.10. The van der Waals surface area contributed by atoms with Crippen LogP contribution in [0.15, 0.2) is 27.6 Å². The van der Waals surface area contributed by atoms with Gasteiger partial charge in [0, 0.05) is 19.7 Å². The Morgan fingerprint density at radius 2 is 2.11 bits per heavy atom. The minimum Gasteiger partial charge on any atom is -0.493 e. The molecule has 0 unspecified atom stereocenters. The fourth-order valence-electron chi connectivity index (χ4n) is 1.28. The number of sulfonamides is 1. The van der Waals surface area contributed by atoms with Gasteiger partial charge in [-0.25, -0.2) is 13.1 Å². The number of rotatable bonds is 7. The Morgan fingerprint density at radius 1 is 1.39 bits per heavy atom. The fourth-order valence-corrected chi connectivity index (χ4v) is 2.67. The van der Waals surface area contributed by atoms with E-state index in [-0.39, 0.29) is 11.4 Å². The first kappa shape index (κ1) is 15.4. The maximum Gasteiger partial charge on any atom is 0.240 e. The Morgan fingerprint density at radius 3 is 2.72 bits per heavy atom. The second-order valence-corrected chi connectivity index (χ2v) is 6.04. The van der Waals surface area contributed by atoms with Crippen LogP contribution in [0.1, 0.15) is 6.92 Å². The minimum absolute atomic E-state index is 0.172. The van der Waals surface area contributed by atoms with E-state index in [1.165, 1.54) is 19.2 Å². The van der Waals surface area contributed by atoms with Gasteiger partial charge in [-0.2, -0.15) is 0 Å². The van der Waals surface area contributed by atoms with Crippen LogP contribution < -0.4 is 9.46 Å². The zero-order valence-electron chi connectivity index (χ0n) is 10.3. The summed E-state index contributed by atoms with van der Waals surface area (Å²) in [5.41, 5.74) is 0. The van der Waals surface area contributed by atoms with Gasteiger partial charge < -0.3 is 9.47 Å². The highest BCUT2D eigenvalue weighted by atomic mass is 79.9. The Hall–Kier alpha value is -0.630. The van der Waals surface area contributed by atoms with Gasteiger partial charge in [0.25, 0.3) is 0 Å². The van der Waals surface area contributed by atoms with Crippen molar-refractivity contribution < 1.29 is 17.9 Å². The van der Waals surface area contributed by atoms with Gasteiger partial charge in [0.1, 0.15) is 5.75 Å². The van der Waals surface area contributed by atoms with Crippen LogP contribution in [-0.4, -0.2) is 35.3 Å². The molecule has 0 amide bonds. The number of hydrogen-bond acceptors (Lipinski definition) is 4. The summed E-state index contributed by atoms with van der Waals surface area (Å²) in [5.74, 6) is 0.507. The molecule has 1 aromatic rings. The molecule has 102 valence electrons. The van der Waals surface area contributed by atoms with Crippen molar-refractivity contribution in [2.45, 2.75) is 11.8 Å². The lowest BCUT2D eigenvalue weighted by atomic mass is 10.3. The molecule has 0 aliphatic heterocycles. The van der Waals surface area contributed by atoms with Gasteiger partial charge in [0.2, 0.25) is 10.0 Å². The number of hydrogen-bond donors (Lipinski definition) is 1. The summed E-state index contributed by atoms with van der Waals surface area (Å²) in [5, 5.41) is 0. The van der Waals surface area contributed by atoms with Crippen LogP contribution in [0.4, 0.5) is 0 Å². The van der Waals surface area contributed by atoms with E-state index in [9.17, 15) is 8.42 Å². The third kappa shape index (κ3) is 4.24. The molecule has 0 bridgehead atoms. The Bertz CT molecular complexity index is 490. The summed E-state index contributed by atoms with van der Waals surface area (Å²) in [7, 11) is -2.01. The molecule has 0 atom stereocenters. The van der Waals surface area contributed by atoms with E-state index in [1.807, 2.05) is 6.92 Å². The number of nitrogens with one attached hydrogen (secondary N) is 1. The number of halogens is 1. The summed E-state index contributed by atoms with van der Waals surface area (Å²) in [4.78, 5) is 0.172. The second kappa shape index (κ2) is 7.08. The highest BCUT2D eigenvalue weighted by Gasteiger charge is 2.15. The van der Waals surface area contributed by atoms with Crippen molar-refractivity contribution in [1.29, 1.82) is 0 Å². The molecule has 0 radical (unpaired) electrons. The van der Waals surface area contributed by atoms with Crippen molar-refractivity contribution in [2.75, 3.05) is 26.9 Å². The molecule has 0 aliphatic rings. The normalized spacial score (nSPS) is 11.5. The quantitative estimate of drug-likeness (QED) is 0.770. The number of methoxy groups -OCH3 is 1. The molecule has 0 spiro atoms. The van der Waals surface area contributed by atoms with E-state index in [0.717, 1.165) is 4.47 Å². The molecule has 1 aromatic carbocycles. The lowest BCUT2D eigenvalue weighted by Crippen LogP contribution is -2.27. The van der Waals surface area contributed by atoms with Crippen LogP contribution in [0.25, 0.3) is 0 Å². The van der Waals surface area contributed by atoms with Gasteiger partial charge in [-0.05, 0) is 35.0 Å². The van der Waals surface area contributed by atoms with E-state index in [4.69, 9.17) is 9.47 Å². The summed E-state index contributed by atoms with van der Waals surface area (Å²) in [6.45, 7) is 2.87. The molecule has 5 nitrogen and oxygen atoms in total. The van der Waals surface area contributed by atoms with Gasteiger partial charge in [-0.1, -0.05) is 0 Å². The maximum atomic E-state index is 11.9. The van der Waals surface area contributed by atoms with E-state index >= 15 is 0 Å². The van der Waals surface area contributed by atoms with Crippen molar-refractivity contribution >= 4 is 26.0 Å². The molecule has 0 fully saturated rings. The number of ether oxygens (including phenoxy) is 2. The zero-order chi connectivity index (χ0) is 13.6. The summed E-state index contributed by atoms with van der Waals surface area (Å²) >= 11 is 3.30. The fraction of sp³-hybridized carbons (Fsp3) is 0.455. The summed E-state index contributed by atoms with van der Waals surface area (Å²) in [6, 6.07) is 4.65. The van der Waals surface area contributed by atoms with Gasteiger partial charge in [-0.3, -0.25) is 0 Å². The molecule has 0 aliphatic carbocycles. The third-order valence-corrected chi connectivity index (χ3v) is 4.22. The van der Waals surface area contributed by atoms with E-state index in [2.05, 4.69) is 20.7 Å². The van der Waals surface area contributed by atoms with Crippen LogP contribution in [0.3, 0.4) is 0 Å².